The smallest absolute Gasteiger partial charge is 0.329 e. The highest BCUT2D eigenvalue weighted by molar-refractivity contribution is 5.97. The highest BCUT2D eigenvalue weighted by atomic mass is 19.1. The molecule has 2 aliphatic rings. The van der Waals surface area contributed by atoms with Crippen LogP contribution in [0.5, 0.6) is 0 Å². The number of nitrogens with two attached hydrogens (primary N) is 2. The zero-order chi connectivity index (χ0) is 21.2. The predicted octanol–water partition coefficient (Wildman–Crippen LogP) is 1.57. The SMILES string of the molecule is Cc1c(N2CCC(C(N)c3cocn3)C2)c(F)c(N)c2c(=O)[nH]c(=O)n(C3CC3)c12. The van der Waals surface area contributed by atoms with Crippen molar-refractivity contribution in [2.45, 2.75) is 38.3 Å². The van der Waals surface area contributed by atoms with Crippen LogP contribution in [0.2, 0.25) is 0 Å². The van der Waals surface area contributed by atoms with E-state index in [4.69, 9.17) is 15.9 Å². The summed E-state index contributed by atoms with van der Waals surface area (Å²) in [6.45, 7) is 2.83. The van der Waals surface area contributed by atoms with Crippen LogP contribution in [0.15, 0.2) is 26.7 Å². The van der Waals surface area contributed by atoms with Gasteiger partial charge in [-0.05, 0) is 32.1 Å². The lowest BCUT2D eigenvalue weighted by Gasteiger charge is -2.25. The number of nitrogen functional groups attached to an aromatic ring is 1. The van der Waals surface area contributed by atoms with Gasteiger partial charge in [0.25, 0.3) is 5.56 Å². The Labute approximate surface area is 170 Å². The molecule has 5 N–H and O–H groups in total. The molecule has 0 radical (unpaired) electrons. The number of anilines is 2. The first-order chi connectivity index (χ1) is 14.4. The third-order valence-electron chi connectivity index (χ3n) is 6.32. The molecule has 2 atom stereocenters. The second-order valence-electron chi connectivity index (χ2n) is 8.22. The van der Waals surface area contributed by atoms with Crippen LogP contribution in [-0.2, 0) is 0 Å². The van der Waals surface area contributed by atoms with Crippen molar-refractivity contribution in [1.82, 2.24) is 14.5 Å². The van der Waals surface area contributed by atoms with Crippen molar-refractivity contribution in [3.63, 3.8) is 0 Å². The number of aryl methyl sites for hydroxylation is 1. The fraction of sp³-hybridized carbons (Fsp3) is 0.450. The van der Waals surface area contributed by atoms with E-state index >= 15 is 4.39 Å². The third kappa shape index (κ3) is 2.74. The molecule has 158 valence electrons. The topological polar surface area (TPSA) is 136 Å². The zero-order valence-corrected chi connectivity index (χ0v) is 16.5. The van der Waals surface area contributed by atoms with Gasteiger partial charge in [-0.15, -0.1) is 0 Å². The largest absolute Gasteiger partial charge is 0.451 e. The highest BCUT2D eigenvalue weighted by Crippen LogP contribution is 2.42. The Morgan fingerprint density at radius 3 is 2.77 bits per heavy atom. The van der Waals surface area contributed by atoms with Crippen molar-refractivity contribution >= 4 is 22.3 Å². The number of benzene rings is 1. The number of nitrogens with one attached hydrogen (secondary N) is 1. The van der Waals surface area contributed by atoms with Gasteiger partial charge in [0.15, 0.2) is 12.2 Å². The molecule has 5 rings (SSSR count). The van der Waals surface area contributed by atoms with Crippen LogP contribution < -0.4 is 27.6 Å². The fourth-order valence-corrected chi connectivity index (χ4v) is 4.65. The van der Waals surface area contributed by atoms with Crippen molar-refractivity contribution in [2.24, 2.45) is 11.7 Å². The maximum absolute atomic E-state index is 15.4. The van der Waals surface area contributed by atoms with E-state index in [9.17, 15) is 9.59 Å². The minimum Gasteiger partial charge on any atom is -0.451 e. The quantitative estimate of drug-likeness (QED) is 0.551. The molecule has 2 fully saturated rings. The standard InChI is InChI=1S/C20H23FN6O3/c1-9-17-13(19(28)25-20(29)27(17)11-2-3-11)16(23)14(21)18(9)26-5-4-10(6-26)15(22)12-7-30-8-24-12/h7-8,10-11,15H,2-6,22-23H2,1H3,(H,25,28,29). The number of oxazole rings is 1. The number of fused-ring (bicyclic) bond motifs is 1. The molecular formula is C20H23FN6O3. The van der Waals surface area contributed by atoms with Crippen molar-refractivity contribution < 1.29 is 8.81 Å². The van der Waals surface area contributed by atoms with E-state index in [1.54, 1.807) is 11.5 Å². The summed E-state index contributed by atoms with van der Waals surface area (Å²) in [7, 11) is 0. The molecule has 30 heavy (non-hydrogen) atoms. The van der Waals surface area contributed by atoms with Gasteiger partial charge in [0, 0.05) is 24.7 Å². The molecule has 1 saturated carbocycles. The third-order valence-corrected chi connectivity index (χ3v) is 6.32. The van der Waals surface area contributed by atoms with Crippen LogP contribution >= 0.6 is 0 Å². The average Bonchev–Trinajstić information content (AvgIpc) is 3.18. The average molecular weight is 414 g/mol. The maximum atomic E-state index is 15.4. The number of hydrogen-bond donors (Lipinski definition) is 3. The van der Waals surface area contributed by atoms with Crippen LogP contribution in [0.1, 0.15) is 42.6 Å². The Hall–Kier alpha value is -3.14. The summed E-state index contributed by atoms with van der Waals surface area (Å²) in [5.41, 5.74) is 13.0. The number of halogens is 1. The van der Waals surface area contributed by atoms with Crippen LogP contribution in [0.3, 0.4) is 0 Å². The molecule has 0 amide bonds. The van der Waals surface area contributed by atoms with Gasteiger partial charge in [0.2, 0.25) is 0 Å². The van der Waals surface area contributed by atoms with Gasteiger partial charge in [0.1, 0.15) is 6.26 Å². The first-order valence-corrected chi connectivity index (χ1v) is 10.0. The molecule has 1 aliphatic heterocycles. The predicted molar refractivity (Wildman–Crippen MR) is 110 cm³/mol. The van der Waals surface area contributed by atoms with E-state index in [1.165, 1.54) is 12.7 Å². The second-order valence-corrected chi connectivity index (χ2v) is 8.22. The Morgan fingerprint density at radius 2 is 2.10 bits per heavy atom. The van der Waals surface area contributed by atoms with E-state index in [0.717, 1.165) is 19.3 Å². The number of H-pyrrole nitrogens is 1. The minimum atomic E-state index is -0.662. The summed E-state index contributed by atoms with van der Waals surface area (Å²) < 4.78 is 22.0. The minimum absolute atomic E-state index is 0.000162. The first-order valence-electron chi connectivity index (χ1n) is 10.0. The molecule has 0 spiro atoms. The Morgan fingerprint density at radius 1 is 1.33 bits per heavy atom. The first kappa shape index (κ1) is 18.9. The molecule has 1 aliphatic carbocycles. The fourth-order valence-electron chi connectivity index (χ4n) is 4.65. The lowest BCUT2D eigenvalue weighted by atomic mass is 9.97. The summed E-state index contributed by atoms with van der Waals surface area (Å²) in [5, 5.41) is 0.0373. The van der Waals surface area contributed by atoms with E-state index in [1.807, 2.05) is 4.90 Å². The van der Waals surface area contributed by atoms with Gasteiger partial charge in [-0.3, -0.25) is 14.3 Å². The summed E-state index contributed by atoms with van der Waals surface area (Å²) in [4.78, 5) is 33.3. The second kappa shape index (κ2) is 6.69. The number of rotatable bonds is 4. The van der Waals surface area contributed by atoms with Crippen LogP contribution in [-0.4, -0.2) is 27.6 Å². The van der Waals surface area contributed by atoms with Gasteiger partial charge < -0.3 is 20.8 Å². The van der Waals surface area contributed by atoms with E-state index in [-0.39, 0.29) is 29.1 Å². The van der Waals surface area contributed by atoms with Crippen molar-refractivity contribution in [3.05, 3.63) is 50.6 Å². The monoisotopic (exact) mass is 414 g/mol. The summed E-state index contributed by atoms with van der Waals surface area (Å²) in [5.74, 6) is -0.585. The summed E-state index contributed by atoms with van der Waals surface area (Å²) in [6, 6.07) is -0.331. The molecule has 9 nitrogen and oxygen atoms in total. The molecule has 3 heterocycles. The molecule has 3 aromatic rings. The lowest BCUT2D eigenvalue weighted by Crippen LogP contribution is -2.32. The van der Waals surface area contributed by atoms with Gasteiger partial charge in [-0.2, -0.15) is 0 Å². The van der Waals surface area contributed by atoms with Gasteiger partial charge in [-0.1, -0.05) is 0 Å². The molecule has 0 bridgehead atoms. The number of hydrogen-bond acceptors (Lipinski definition) is 7. The van der Waals surface area contributed by atoms with Crippen molar-refractivity contribution in [2.75, 3.05) is 23.7 Å². The van der Waals surface area contributed by atoms with Gasteiger partial charge in [0.05, 0.1) is 34.0 Å². The molecule has 1 saturated heterocycles. The lowest BCUT2D eigenvalue weighted by molar-refractivity contribution is 0.462. The molecule has 1 aromatic carbocycles. The van der Waals surface area contributed by atoms with Crippen molar-refractivity contribution in [1.29, 1.82) is 0 Å². The van der Waals surface area contributed by atoms with Crippen LogP contribution in [0.4, 0.5) is 15.8 Å². The van der Waals surface area contributed by atoms with E-state index in [0.29, 0.717) is 35.6 Å². The number of aromatic nitrogens is 3. The molecule has 10 heteroatoms. The number of nitrogens with zero attached hydrogens (tertiary/aromatic N) is 3. The normalized spacial score (nSPS) is 20.2. The van der Waals surface area contributed by atoms with Crippen LogP contribution in [0.25, 0.3) is 10.9 Å². The van der Waals surface area contributed by atoms with Crippen LogP contribution in [0, 0.1) is 18.7 Å². The summed E-state index contributed by atoms with van der Waals surface area (Å²) in [6.07, 6.45) is 5.28. The molecular weight excluding hydrogens is 391 g/mol. The van der Waals surface area contributed by atoms with E-state index in [2.05, 4.69) is 9.97 Å². The highest BCUT2D eigenvalue weighted by Gasteiger charge is 2.35. The van der Waals surface area contributed by atoms with E-state index < -0.39 is 17.1 Å². The molecule has 2 aromatic heterocycles. The molecule has 2 unspecified atom stereocenters. The summed E-state index contributed by atoms with van der Waals surface area (Å²) >= 11 is 0. The Balaban J connectivity index is 1.63. The van der Waals surface area contributed by atoms with Crippen molar-refractivity contribution in [3.8, 4) is 0 Å². The van der Waals surface area contributed by atoms with Gasteiger partial charge in [-0.25, -0.2) is 14.2 Å². The number of aromatic amines is 1. The Kier molecular flexibility index (Phi) is 4.21. The zero-order valence-electron chi connectivity index (χ0n) is 16.5. The van der Waals surface area contributed by atoms with Gasteiger partial charge >= 0.3 is 5.69 Å². The maximum Gasteiger partial charge on any atom is 0.329 e. The Bertz CT molecular complexity index is 1240.